The molecule has 0 saturated heterocycles. The lowest BCUT2D eigenvalue weighted by atomic mass is 10.0. The molecule has 2 N–H and O–H groups in total. The van der Waals surface area contributed by atoms with E-state index in [2.05, 4.69) is 47.3 Å². The summed E-state index contributed by atoms with van der Waals surface area (Å²) in [6.07, 6.45) is 0.689. The molecule has 0 amide bonds. The lowest BCUT2D eigenvalue weighted by Gasteiger charge is -2.10. The molecule has 0 bridgehead atoms. The van der Waals surface area contributed by atoms with Crippen molar-refractivity contribution in [2.45, 2.75) is 33.6 Å². The predicted molar refractivity (Wildman–Crippen MR) is 87.0 cm³/mol. The van der Waals surface area contributed by atoms with Crippen molar-refractivity contribution in [3.8, 4) is 11.3 Å². The second-order valence-corrected chi connectivity index (χ2v) is 5.46. The van der Waals surface area contributed by atoms with Crippen LogP contribution in [0.2, 0.25) is 0 Å². The molecule has 0 spiro atoms. The average Bonchev–Trinajstić information content (AvgIpc) is 2.43. The summed E-state index contributed by atoms with van der Waals surface area (Å²) in [4.78, 5) is 19.4. The first kappa shape index (κ1) is 15.9. The van der Waals surface area contributed by atoms with E-state index in [1.807, 2.05) is 13.0 Å². The van der Waals surface area contributed by atoms with Gasteiger partial charge in [-0.3, -0.25) is 4.79 Å². The maximum absolute atomic E-state index is 10.5. The average molecular weight is 299 g/mol. The number of benzene rings is 1. The van der Waals surface area contributed by atoms with Crippen LogP contribution in [0.25, 0.3) is 11.3 Å². The van der Waals surface area contributed by atoms with Crippen molar-refractivity contribution in [1.29, 1.82) is 0 Å². The van der Waals surface area contributed by atoms with Crippen LogP contribution in [0.15, 0.2) is 24.3 Å². The minimum Gasteiger partial charge on any atom is -0.481 e. The molecular weight excluding hydrogens is 278 g/mol. The van der Waals surface area contributed by atoms with Crippen LogP contribution in [-0.4, -0.2) is 27.6 Å². The Morgan fingerprint density at radius 3 is 2.64 bits per heavy atom. The van der Waals surface area contributed by atoms with Crippen LogP contribution in [0.4, 0.5) is 5.95 Å². The number of rotatable bonds is 6. The van der Waals surface area contributed by atoms with Gasteiger partial charge in [-0.2, -0.15) is 0 Å². The number of carbonyl (C=O) groups is 1. The number of nitrogens with one attached hydrogen (secondary N) is 1. The van der Waals surface area contributed by atoms with E-state index in [-0.39, 0.29) is 6.42 Å². The van der Waals surface area contributed by atoms with Gasteiger partial charge in [-0.15, -0.1) is 0 Å². The van der Waals surface area contributed by atoms with Gasteiger partial charge in [-0.25, -0.2) is 9.97 Å². The molecule has 0 aliphatic carbocycles. The molecule has 0 unspecified atom stereocenters. The lowest BCUT2D eigenvalue weighted by Crippen LogP contribution is -2.08. The number of hydrogen-bond donors (Lipinski definition) is 2. The van der Waals surface area contributed by atoms with Gasteiger partial charge in [-0.05, 0) is 38.8 Å². The monoisotopic (exact) mass is 299 g/mol. The Hall–Kier alpha value is -2.43. The van der Waals surface area contributed by atoms with E-state index >= 15 is 0 Å². The number of aliphatic carboxylic acids is 1. The molecule has 0 aliphatic heterocycles. The van der Waals surface area contributed by atoms with Gasteiger partial charge in [0.25, 0.3) is 0 Å². The van der Waals surface area contributed by atoms with E-state index < -0.39 is 5.97 Å². The normalized spacial score (nSPS) is 10.5. The number of hydrogen-bond acceptors (Lipinski definition) is 4. The molecule has 0 saturated carbocycles. The number of carboxylic acid groups (broad SMARTS) is 1. The molecule has 0 radical (unpaired) electrons. The highest BCUT2D eigenvalue weighted by Gasteiger charge is 2.07. The molecule has 116 valence electrons. The zero-order chi connectivity index (χ0) is 16.1. The molecule has 5 nitrogen and oxygen atoms in total. The fourth-order valence-corrected chi connectivity index (χ4v) is 2.33. The molecule has 1 heterocycles. The topological polar surface area (TPSA) is 75.1 Å². The maximum atomic E-state index is 10.5. The molecule has 0 fully saturated rings. The van der Waals surface area contributed by atoms with Crippen LogP contribution in [-0.2, 0) is 4.79 Å². The summed E-state index contributed by atoms with van der Waals surface area (Å²) in [6.45, 7) is 6.61. The van der Waals surface area contributed by atoms with Crippen LogP contribution < -0.4 is 5.32 Å². The van der Waals surface area contributed by atoms with Gasteiger partial charge in [0.2, 0.25) is 5.95 Å². The fourth-order valence-electron chi connectivity index (χ4n) is 2.33. The first-order chi connectivity index (χ1) is 10.5. The SMILES string of the molecule is Cc1ccc(-c2cc(C)nc(NCCCC(=O)O)n2)c(C)c1. The smallest absolute Gasteiger partial charge is 0.303 e. The highest BCUT2D eigenvalue weighted by atomic mass is 16.4. The van der Waals surface area contributed by atoms with Crippen LogP contribution >= 0.6 is 0 Å². The van der Waals surface area contributed by atoms with Crippen molar-refractivity contribution in [3.05, 3.63) is 41.1 Å². The Morgan fingerprint density at radius 2 is 1.95 bits per heavy atom. The molecule has 2 aromatic rings. The maximum Gasteiger partial charge on any atom is 0.303 e. The minimum atomic E-state index is -0.789. The Bertz CT molecular complexity index is 684. The Labute approximate surface area is 130 Å². The summed E-state index contributed by atoms with van der Waals surface area (Å²) < 4.78 is 0. The van der Waals surface area contributed by atoms with E-state index in [9.17, 15) is 4.79 Å². The summed E-state index contributed by atoms with van der Waals surface area (Å²) in [5.74, 6) is -0.247. The molecular formula is C17H21N3O2. The van der Waals surface area contributed by atoms with Crippen molar-refractivity contribution in [2.24, 2.45) is 0 Å². The molecule has 1 aromatic carbocycles. The van der Waals surface area contributed by atoms with Gasteiger partial charge in [0.1, 0.15) is 0 Å². The first-order valence-corrected chi connectivity index (χ1v) is 7.34. The van der Waals surface area contributed by atoms with Crippen molar-refractivity contribution in [3.63, 3.8) is 0 Å². The zero-order valence-electron chi connectivity index (χ0n) is 13.2. The third-order valence-electron chi connectivity index (χ3n) is 3.36. The second-order valence-electron chi connectivity index (χ2n) is 5.46. The van der Waals surface area contributed by atoms with Crippen LogP contribution in [0.1, 0.15) is 29.7 Å². The second kappa shape index (κ2) is 7.02. The zero-order valence-corrected chi connectivity index (χ0v) is 13.2. The van der Waals surface area contributed by atoms with Crippen molar-refractivity contribution in [2.75, 3.05) is 11.9 Å². The number of nitrogens with zero attached hydrogens (tertiary/aromatic N) is 2. The van der Waals surface area contributed by atoms with Crippen LogP contribution in [0.5, 0.6) is 0 Å². The van der Waals surface area contributed by atoms with Gasteiger partial charge < -0.3 is 10.4 Å². The highest BCUT2D eigenvalue weighted by Crippen LogP contribution is 2.23. The fraction of sp³-hybridized carbons (Fsp3) is 0.353. The van der Waals surface area contributed by atoms with Crippen molar-refractivity contribution in [1.82, 2.24) is 9.97 Å². The van der Waals surface area contributed by atoms with E-state index in [0.717, 1.165) is 17.0 Å². The van der Waals surface area contributed by atoms with E-state index in [0.29, 0.717) is 18.9 Å². The Kier molecular flexibility index (Phi) is 5.09. The lowest BCUT2D eigenvalue weighted by molar-refractivity contribution is -0.137. The quantitative estimate of drug-likeness (QED) is 0.800. The van der Waals surface area contributed by atoms with Gasteiger partial charge in [0.15, 0.2) is 0 Å². The van der Waals surface area contributed by atoms with E-state index in [1.165, 1.54) is 11.1 Å². The summed E-state index contributed by atoms with van der Waals surface area (Å²) in [5.41, 5.74) is 5.25. The highest BCUT2D eigenvalue weighted by molar-refractivity contribution is 5.67. The Morgan fingerprint density at radius 1 is 1.18 bits per heavy atom. The van der Waals surface area contributed by atoms with E-state index in [1.54, 1.807) is 0 Å². The van der Waals surface area contributed by atoms with Gasteiger partial charge in [0.05, 0.1) is 5.69 Å². The molecule has 0 aliphatic rings. The summed E-state index contributed by atoms with van der Waals surface area (Å²) >= 11 is 0. The first-order valence-electron chi connectivity index (χ1n) is 7.34. The Balaban J connectivity index is 2.17. The standard InChI is InChI=1S/C17H21N3O2/c1-11-6-7-14(12(2)9-11)15-10-13(3)19-17(20-15)18-8-4-5-16(21)22/h6-7,9-10H,4-5,8H2,1-3H3,(H,21,22)(H,18,19,20). The molecule has 5 heteroatoms. The number of aromatic nitrogens is 2. The predicted octanol–water partition coefficient (Wildman–Crippen LogP) is 3.35. The summed E-state index contributed by atoms with van der Waals surface area (Å²) in [7, 11) is 0. The minimum absolute atomic E-state index is 0.142. The van der Waals surface area contributed by atoms with Gasteiger partial charge in [0, 0.05) is 24.2 Å². The van der Waals surface area contributed by atoms with Crippen LogP contribution in [0, 0.1) is 20.8 Å². The summed E-state index contributed by atoms with van der Waals surface area (Å²) in [6, 6.07) is 8.23. The number of aryl methyl sites for hydroxylation is 3. The van der Waals surface area contributed by atoms with E-state index in [4.69, 9.17) is 5.11 Å². The molecule has 22 heavy (non-hydrogen) atoms. The molecule has 0 atom stereocenters. The van der Waals surface area contributed by atoms with Crippen molar-refractivity contribution < 1.29 is 9.90 Å². The van der Waals surface area contributed by atoms with Crippen LogP contribution in [0.3, 0.4) is 0 Å². The number of anilines is 1. The molecule has 1 aromatic heterocycles. The third kappa shape index (κ3) is 4.28. The largest absolute Gasteiger partial charge is 0.481 e. The summed E-state index contributed by atoms with van der Waals surface area (Å²) in [5, 5.41) is 11.7. The molecule has 2 rings (SSSR count). The van der Waals surface area contributed by atoms with Gasteiger partial charge >= 0.3 is 5.97 Å². The van der Waals surface area contributed by atoms with Gasteiger partial charge in [-0.1, -0.05) is 23.8 Å². The van der Waals surface area contributed by atoms with Crippen molar-refractivity contribution >= 4 is 11.9 Å². The third-order valence-corrected chi connectivity index (χ3v) is 3.36. The number of carboxylic acids is 1.